The number of aliphatic carboxylic acids is 1. The molecule has 94 valence electrons. The van der Waals surface area contributed by atoms with E-state index in [0.29, 0.717) is 5.56 Å². The second-order valence-electron chi connectivity index (χ2n) is 3.85. The lowest BCUT2D eigenvalue weighted by Gasteiger charge is -2.08. The number of aromatic nitrogens is 2. The first-order valence-electron chi connectivity index (χ1n) is 5.34. The number of halogens is 1. The van der Waals surface area contributed by atoms with E-state index in [-0.39, 0.29) is 18.2 Å². The molecule has 1 unspecified atom stereocenters. The van der Waals surface area contributed by atoms with Crippen molar-refractivity contribution < 1.29 is 18.7 Å². The summed E-state index contributed by atoms with van der Waals surface area (Å²) in [5, 5.41) is 16.4. The summed E-state index contributed by atoms with van der Waals surface area (Å²) >= 11 is 0. The van der Waals surface area contributed by atoms with Crippen LogP contribution in [-0.4, -0.2) is 21.3 Å². The molecule has 0 saturated heterocycles. The van der Waals surface area contributed by atoms with Crippen LogP contribution in [0.1, 0.15) is 23.3 Å². The fraction of sp³-hybridized carbons (Fsp3) is 0.250. The van der Waals surface area contributed by atoms with Crippen molar-refractivity contribution in [2.75, 3.05) is 0 Å². The highest BCUT2D eigenvalue weighted by Crippen LogP contribution is 2.21. The van der Waals surface area contributed by atoms with Gasteiger partial charge in [-0.15, -0.1) is 10.2 Å². The van der Waals surface area contributed by atoms with Crippen molar-refractivity contribution in [2.24, 2.45) is 0 Å². The molecule has 6 heteroatoms. The minimum absolute atomic E-state index is 0.0109. The number of nitrogens with zero attached hydrogens (tertiary/aromatic N) is 2. The number of aryl methyl sites for hydroxylation is 1. The monoisotopic (exact) mass is 250 g/mol. The van der Waals surface area contributed by atoms with E-state index in [0.717, 1.165) is 0 Å². The van der Waals surface area contributed by atoms with Crippen LogP contribution in [0.2, 0.25) is 0 Å². The lowest BCUT2D eigenvalue weighted by Crippen LogP contribution is -2.15. The first-order valence-corrected chi connectivity index (χ1v) is 5.34. The van der Waals surface area contributed by atoms with Crippen LogP contribution in [0.15, 0.2) is 28.7 Å². The standard InChI is InChI=1S/C12H11FN2O3/c1-7-14-15-11(18-7)9(12(16)17)6-8-4-2-3-5-10(8)13/h2-5,9H,6H2,1H3,(H,16,17). The molecule has 0 bridgehead atoms. The molecule has 0 aliphatic rings. The number of rotatable bonds is 4. The number of carbonyl (C=O) groups is 1. The summed E-state index contributed by atoms with van der Waals surface area (Å²) in [7, 11) is 0. The quantitative estimate of drug-likeness (QED) is 0.897. The molecule has 0 amide bonds. The highest BCUT2D eigenvalue weighted by Gasteiger charge is 2.27. The molecule has 0 aliphatic carbocycles. The van der Waals surface area contributed by atoms with Crippen molar-refractivity contribution in [2.45, 2.75) is 19.3 Å². The first-order chi connectivity index (χ1) is 8.58. The zero-order chi connectivity index (χ0) is 13.1. The summed E-state index contributed by atoms with van der Waals surface area (Å²) in [5.74, 6) is -2.34. The van der Waals surface area contributed by atoms with Gasteiger partial charge in [-0.3, -0.25) is 4.79 Å². The Bertz CT molecular complexity index is 568. The second kappa shape index (κ2) is 4.95. The average molecular weight is 250 g/mol. The van der Waals surface area contributed by atoms with Gasteiger partial charge in [-0.05, 0) is 18.1 Å². The first kappa shape index (κ1) is 12.2. The van der Waals surface area contributed by atoms with Crippen LogP contribution < -0.4 is 0 Å². The highest BCUT2D eigenvalue weighted by atomic mass is 19.1. The molecule has 0 radical (unpaired) electrons. The van der Waals surface area contributed by atoms with Crippen LogP contribution in [0.3, 0.4) is 0 Å². The Hall–Kier alpha value is -2.24. The van der Waals surface area contributed by atoms with E-state index in [9.17, 15) is 9.18 Å². The molecule has 18 heavy (non-hydrogen) atoms. The lowest BCUT2D eigenvalue weighted by molar-refractivity contribution is -0.139. The summed E-state index contributed by atoms with van der Waals surface area (Å²) in [6, 6.07) is 6.02. The summed E-state index contributed by atoms with van der Waals surface area (Å²) in [4.78, 5) is 11.2. The molecule has 0 saturated carbocycles. The number of carboxylic acid groups (broad SMARTS) is 1. The Labute approximate surface area is 102 Å². The third-order valence-electron chi connectivity index (χ3n) is 2.52. The second-order valence-corrected chi connectivity index (χ2v) is 3.85. The topological polar surface area (TPSA) is 76.2 Å². The molecular weight excluding hydrogens is 239 g/mol. The number of hydrogen-bond donors (Lipinski definition) is 1. The van der Waals surface area contributed by atoms with E-state index in [1.807, 2.05) is 0 Å². The van der Waals surface area contributed by atoms with Crippen molar-refractivity contribution in [1.82, 2.24) is 10.2 Å². The predicted octanol–water partition coefficient (Wildman–Crippen LogP) is 1.93. The van der Waals surface area contributed by atoms with Gasteiger partial charge in [0, 0.05) is 6.92 Å². The van der Waals surface area contributed by atoms with E-state index in [4.69, 9.17) is 9.52 Å². The molecule has 1 heterocycles. The van der Waals surface area contributed by atoms with E-state index >= 15 is 0 Å². The molecule has 1 aromatic heterocycles. The van der Waals surface area contributed by atoms with Gasteiger partial charge in [0.2, 0.25) is 11.8 Å². The Morgan fingerprint density at radius 3 is 2.72 bits per heavy atom. The smallest absolute Gasteiger partial charge is 0.316 e. The molecule has 1 atom stereocenters. The maximum Gasteiger partial charge on any atom is 0.316 e. The van der Waals surface area contributed by atoms with Gasteiger partial charge in [-0.25, -0.2) is 4.39 Å². The van der Waals surface area contributed by atoms with Gasteiger partial charge in [-0.2, -0.15) is 0 Å². The van der Waals surface area contributed by atoms with Crippen LogP contribution >= 0.6 is 0 Å². The van der Waals surface area contributed by atoms with Crippen molar-refractivity contribution in [3.05, 3.63) is 47.4 Å². The van der Waals surface area contributed by atoms with Crippen LogP contribution in [0.5, 0.6) is 0 Å². The number of carboxylic acids is 1. The van der Waals surface area contributed by atoms with Gasteiger partial charge >= 0.3 is 5.97 Å². The molecular formula is C12H11FN2O3. The van der Waals surface area contributed by atoms with Gasteiger partial charge in [0.05, 0.1) is 0 Å². The molecule has 1 aromatic carbocycles. The third kappa shape index (κ3) is 2.53. The molecule has 2 rings (SSSR count). The minimum Gasteiger partial charge on any atom is -0.481 e. The van der Waals surface area contributed by atoms with Gasteiger partial charge in [0.15, 0.2) is 0 Å². The number of benzene rings is 1. The summed E-state index contributed by atoms with van der Waals surface area (Å²) in [6.45, 7) is 1.57. The molecule has 1 N–H and O–H groups in total. The van der Waals surface area contributed by atoms with Crippen LogP contribution in [0.25, 0.3) is 0 Å². The molecule has 0 aliphatic heterocycles. The van der Waals surface area contributed by atoms with Crippen LogP contribution in [0, 0.1) is 12.7 Å². The Morgan fingerprint density at radius 2 is 2.17 bits per heavy atom. The highest BCUT2D eigenvalue weighted by molar-refractivity contribution is 5.75. The maximum absolute atomic E-state index is 13.5. The Kier molecular flexibility index (Phi) is 3.36. The van der Waals surface area contributed by atoms with Crippen molar-refractivity contribution in [3.8, 4) is 0 Å². The fourth-order valence-corrected chi connectivity index (χ4v) is 1.62. The molecule has 0 spiro atoms. The van der Waals surface area contributed by atoms with Gasteiger partial charge in [-0.1, -0.05) is 18.2 Å². The van der Waals surface area contributed by atoms with Crippen molar-refractivity contribution in [3.63, 3.8) is 0 Å². The molecule has 5 nitrogen and oxygen atoms in total. The zero-order valence-corrected chi connectivity index (χ0v) is 9.63. The Morgan fingerprint density at radius 1 is 1.44 bits per heavy atom. The van der Waals surface area contributed by atoms with E-state index in [1.165, 1.54) is 12.1 Å². The van der Waals surface area contributed by atoms with E-state index < -0.39 is 17.7 Å². The zero-order valence-electron chi connectivity index (χ0n) is 9.63. The SMILES string of the molecule is Cc1nnc(C(Cc2ccccc2F)C(=O)O)o1. The van der Waals surface area contributed by atoms with Crippen molar-refractivity contribution in [1.29, 1.82) is 0 Å². The average Bonchev–Trinajstić information content (AvgIpc) is 2.74. The molecule has 0 fully saturated rings. The van der Waals surface area contributed by atoms with E-state index in [1.54, 1.807) is 19.1 Å². The summed E-state index contributed by atoms with van der Waals surface area (Å²) in [6.07, 6.45) is -0.0242. The predicted molar refractivity (Wildman–Crippen MR) is 59.5 cm³/mol. The fourth-order valence-electron chi connectivity index (χ4n) is 1.62. The number of hydrogen-bond acceptors (Lipinski definition) is 4. The van der Waals surface area contributed by atoms with E-state index in [2.05, 4.69) is 10.2 Å². The van der Waals surface area contributed by atoms with Gasteiger partial charge in [0.1, 0.15) is 11.7 Å². The van der Waals surface area contributed by atoms with Crippen LogP contribution in [-0.2, 0) is 11.2 Å². The third-order valence-corrected chi connectivity index (χ3v) is 2.52. The van der Waals surface area contributed by atoms with Crippen LogP contribution in [0.4, 0.5) is 4.39 Å². The molecule has 2 aromatic rings. The summed E-state index contributed by atoms with van der Waals surface area (Å²) in [5.41, 5.74) is 0.306. The maximum atomic E-state index is 13.5. The Balaban J connectivity index is 2.28. The lowest BCUT2D eigenvalue weighted by atomic mass is 9.99. The van der Waals surface area contributed by atoms with Gasteiger partial charge < -0.3 is 9.52 Å². The minimum atomic E-state index is -1.12. The largest absolute Gasteiger partial charge is 0.481 e. The normalized spacial score (nSPS) is 12.3. The van der Waals surface area contributed by atoms with Gasteiger partial charge in [0.25, 0.3) is 0 Å². The van der Waals surface area contributed by atoms with Crippen molar-refractivity contribution >= 4 is 5.97 Å². The summed E-state index contributed by atoms with van der Waals surface area (Å²) < 4.78 is 18.6.